The highest BCUT2D eigenvalue weighted by molar-refractivity contribution is 5.72. The summed E-state index contributed by atoms with van der Waals surface area (Å²) in [6, 6.07) is 0. The van der Waals surface area contributed by atoms with Gasteiger partial charge < -0.3 is 14.4 Å². The van der Waals surface area contributed by atoms with Crippen molar-refractivity contribution in [2.24, 2.45) is 0 Å². The average molecular weight is 235 g/mol. The first-order valence-corrected chi connectivity index (χ1v) is 4.34. The topological polar surface area (TPSA) is 63.7 Å². The van der Waals surface area contributed by atoms with E-state index in [0.29, 0.717) is 0 Å². The number of ketones is 1. The van der Waals surface area contributed by atoms with E-state index in [9.17, 15) is 14.4 Å². The lowest BCUT2D eigenvalue weighted by molar-refractivity contribution is -0.138. The number of carbonyl (C=O) groups is 3. The molecule has 0 aromatic carbocycles. The molecule has 0 N–H and O–H groups in total. The molecule has 0 fully saturated rings. The van der Waals surface area contributed by atoms with E-state index < -0.39 is 0 Å². The Hall–Kier alpha value is -1.39. The Morgan fingerprint density at radius 2 is 1.06 bits per heavy atom. The van der Waals surface area contributed by atoms with Crippen molar-refractivity contribution in [1.82, 2.24) is 4.90 Å². The van der Waals surface area contributed by atoms with Crippen molar-refractivity contribution in [3.63, 3.8) is 0 Å². The lowest BCUT2D eigenvalue weighted by Gasteiger charge is -2.02. The maximum Gasteiger partial charge on any atom is 0.302 e. The molecule has 98 valence electrons. The molecule has 0 saturated carbocycles. The van der Waals surface area contributed by atoms with Crippen molar-refractivity contribution >= 4 is 17.7 Å². The van der Waals surface area contributed by atoms with E-state index >= 15 is 0 Å². The summed E-state index contributed by atoms with van der Waals surface area (Å²) in [5.74, 6) is 0.0139. The Labute approximate surface area is 98.8 Å². The summed E-state index contributed by atoms with van der Waals surface area (Å²) in [6.07, 6.45) is 0. The van der Waals surface area contributed by atoms with Gasteiger partial charge in [0.1, 0.15) is 5.78 Å². The van der Waals surface area contributed by atoms with Crippen molar-refractivity contribution in [3.05, 3.63) is 0 Å². The van der Waals surface area contributed by atoms with Crippen LogP contribution in [0.5, 0.6) is 0 Å². The Balaban J connectivity index is -0.0000000668. The summed E-state index contributed by atoms with van der Waals surface area (Å²) in [5, 5.41) is 0. The number of nitrogens with zero attached hydrogens (tertiary/aromatic N) is 1. The summed E-state index contributed by atoms with van der Waals surface area (Å²) < 4.78 is 4.11. The molecule has 5 nitrogen and oxygen atoms in total. The quantitative estimate of drug-likeness (QED) is 0.597. The second kappa shape index (κ2) is 16.1. The first kappa shape index (κ1) is 24.0. The van der Waals surface area contributed by atoms with Gasteiger partial charge in [0.25, 0.3) is 0 Å². The predicted molar refractivity (Wildman–Crippen MR) is 65.1 cm³/mol. The van der Waals surface area contributed by atoms with Crippen LogP contribution in [-0.4, -0.2) is 43.8 Å². The summed E-state index contributed by atoms with van der Waals surface area (Å²) in [5.41, 5.74) is 0. The summed E-state index contributed by atoms with van der Waals surface area (Å²) in [6.45, 7) is 5.94. The molecule has 0 spiro atoms. The second-order valence-corrected chi connectivity index (χ2v) is 3.02. The summed E-state index contributed by atoms with van der Waals surface area (Å²) >= 11 is 0. The Bertz CT molecular complexity index is 196. The molecule has 0 aliphatic carbocycles. The molecule has 0 heterocycles. The highest BCUT2D eigenvalue weighted by atomic mass is 16.5. The van der Waals surface area contributed by atoms with Gasteiger partial charge in [0.05, 0.1) is 7.11 Å². The van der Waals surface area contributed by atoms with E-state index in [1.165, 1.54) is 39.7 Å². The number of Topliss-reactive ketones (excluding diaryl/α,β-unsaturated/α-hetero) is 1. The molecule has 0 aromatic heterocycles. The van der Waals surface area contributed by atoms with Gasteiger partial charge in [-0.05, 0) is 13.8 Å². The van der Waals surface area contributed by atoms with Crippen LogP contribution in [0.15, 0.2) is 0 Å². The van der Waals surface area contributed by atoms with Gasteiger partial charge in [-0.25, -0.2) is 0 Å². The molecular formula is C11H25NO4. The molecule has 0 atom stereocenters. The first-order valence-electron chi connectivity index (χ1n) is 4.34. The van der Waals surface area contributed by atoms with Crippen LogP contribution in [0.1, 0.15) is 35.1 Å². The molecule has 0 rings (SSSR count). The maximum atomic E-state index is 10.1. The van der Waals surface area contributed by atoms with Gasteiger partial charge in [-0.2, -0.15) is 0 Å². The van der Waals surface area contributed by atoms with E-state index in [2.05, 4.69) is 4.74 Å². The van der Waals surface area contributed by atoms with Crippen LogP contribution in [-0.2, 0) is 19.1 Å². The molecule has 1 amide bonds. The lowest BCUT2D eigenvalue weighted by Crippen LogP contribution is -2.17. The maximum absolute atomic E-state index is 10.1. The van der Waals surface area contributed by atoms with Crippen molar-refractivity contribution in [3.8, 4) is 0 Å². The number of methoxy groups -OCH3 is 1. The fourth-order valence-corrected chi connectivity index (χ4v) is 0. The van der Waals surface area contributed by atoms with Crippen LogP contribution in [0.25, 0.3) is 0 Å². The molecule has 0 aliphatic heterocycles. The third-order valence-electron chi connectivity index (χ3n) is 0.917. The van der Waals surface area contributed by atoms with E-state index in [-0.39, 0.29) is 25.1 Å². The minimum atomic E-state index is -0.245. The van der Waals surface area contributed by atoms with Gasteiger partial charge in [-0.15, -0.1) is 0 Å². The number of esters is 1. The smallest absolute Gasteiger partial charge is 0.302 e. The Morgan fingerprint density at radius 1 is 0.938 bits per heavy atom. The number of amides is 1. The zero-order valence-electron chi connectivity index (χ0n) is 10.6. The van der Waals surface area contributed by atoms with Crippen molar-refractivity contribution < 1.29 is 19.1 Å². The largest absolute Gasteiger partial charge is 0.469 e. The minimum absolute atomic E-state index is 0. The third-order valence-corrected chi connectivity index (χ3v) is 0.917. The van der Waals surface area contributed by atoms with Gasteiger partial charge in [0, 0.05) is 27.9 Å². The molecule has 0 radical (unpaired) electrons. The monoisotopic (exact) mass is 235 g/mol. The van der Waals surface area contributed by atoms with Crippen molar-refractivity contribution in [2.45, 2.75) is 35.1 Å². The average Bonchev–Trinajstić information content (AvgIpc) is 2.04. The molecule has 0 aromatic rings. The molecule has 5 heteroatoms. The third kappa shape index (κ3) is 80.0. The molecule has 0 bridgehead atoms. The van der Waals surface area contributed by atoms with E-state index in [4.69, 9.17) is 0 Å². The van der Waals surface area contributed by atoms with Gasteiger partial charge >= 0.3 is 5.97 Å². The normalized spacial score (nSPS) is 6.69. The summed E-state index contributed by atoms with van der Waals surface area (Å²) in [7, 11) is 4.80. The Kier molecular flexibility index (Phi) is 24.1. The number of rotatable bonds is 0. The predicted octanol–water partition coefficient (Wildman–Crippen LogP) is 1.51. The first-order chi connectivity index (χ1) is 6.64. The summed E-state index contributed by atoms with van der Waals surface area (Å²) in [4.78, 5) is 30.6. The molecule has 16 heavy (non-hydrogen) atoms. The van der Waals surface area contributed by atoms with Crippen LogP contribution in [0.3, 0.4) is 0 Å². The van der Waals surface area contributed by atoms with Gasteiger partial charge in [0.15, 0.2) is 0 Å². The van der Waals surface area contributed by atoms with E-state index in [0.717, 1.165) is 0 Å². The van der Waals surface area contributed by atoms with Gasteiger partial charge in [-0.1, -0.05) is 7.43 Å². The van der Waals surface area contributed by atoms with Crippen LogP contribution in [0.2, 0.25) is 0 Å². The van der Waals surface area contributed by atoms with E-state index in [1.807, 2.05) is 0 Å². The SMILES string of the molecule is C.CC(=O)N(C)C.CC(C)=O.COC(C)=O. The standard InChI is InChI=1S/C4H9NO.C3H6O2.C3H6O.CH4/c1-4(6)5(2)3;1-3(4)5-2;1-3(2)4;/h1-3H3;1-2H3;1-2H3;1H4. The second-order valence-electron chi connectivity index (χ2n) is 3.02. The number of hydrogen-bond donors (Lipinski definition) is 0. The van der Waals surface area contributed by atoms with Crippen molar-refractivity contribution in [1.29, 1.82) is 0 Å². The minimum Gasteiger partial charge on any atom is -0.469 e. The molecule has 0 unspecified atom stereocenters. The fraction of sp³-hybridized carbons (Fsp3) is 0.727. The molecular weight excluding hydrogens is 210 g/mol. The lowest BCUT2D eigenvalue weighted by atomic mass is 10.6. The zero-order chi connectivity index (χ0) is 13.0. The van der Waals surface area contributed by atoms with Crippen molar-refractivity contribution in [2.75, 3.05) is 21.2 Å². The van der Waals surface area contributed by atoms with Crippen LogP contribution in [0.4, 0.5) is 0 Å². The molecule has 0 saturated heterocycles. The highest BCUT2D eigenvalue weighted by Gasteiger charge is 1.87. The zero-order valence-corrected chi connectivity index (χ0v) is 10.6. The van der Waals surface area contributed by atoms with Crippen LogP contribution >= 0.6 is 0 Å². The number of carbonyl (C=O) groups excluding carboxylic acids is 3. The molecule has 0 aliphatic rings. The van der Waals surface area contributed by atoms with E-state index in [1.54, 1.807) is 14.1 Å². The van der Waals surface area contributed by atoms with Crippen LogP contribution in [0, 0.1) is 0 Å². The van der Waals surface area contributed by atoms with Gasteiger partial charge in [-0.3, -0.25) is 9.59 Å². The fourth-order valence-electron chi connectivity index (χ4n) is 0. The van der Waals surface area contributed by atoms with Crippen LogP contribution < -0.4 is 0 Å². The highest BCUT2D eigenvalue weighted by Crippen LogP contribution is 1.69. The number of hydrogen-bond acceptors (Lipinski definition) is 4. The number of ether oxygens (including phenoxy) is 1. The van der Waals surface area contributed by atoms with Gasteiger partial charge in [0.2, 0.25) is 5.91 Å². The Morgan fingerprint density at radius 3 is 1.06 bits per heavy atom.